The second-order valence-corrected chi connectivity index (χ2v) is 10.7. The van der Waals surface area contributed by atoms with E-state index < -0.39 is 27.7 Å². The van der Waals surface area contributed by atoms with Crippen molar-refractivity contribution < 1.29 is 19.3 Å². The Kier molecular flexibility index (Phi) is 6.47. The minimum atomic E-state index is -0.805. The van der Waals surface area contributed by atoms with Crippen LogP contribution in [-0.4, -0.2) is 35.0 Å². The molecule has 1 aliphatic rings. The van der Waals surface area contributed by atoms with Gasteiger partial charge in [-0.3, -0.25) is 0 Å². The van der Waals surface area contributed by atoms with Crippen LogP contribution in [0.15, 0.2) is 9.79 Å². The Bertz CT molecular complexity index is 731. The largest absolute Gasteiger partial charge is 0.630 e. The van der Waals surface area contributed by atoms with Gasteiger partial charge in [-0.2, -0.15) is 0 Å². The van der Waals surface area contributed by atoms with Gasteiger partial charge in [-0.05, 0) is 10.8 Å². The van der Waals surface area contributed by atoms with Crippen molar-refractivity contribution in [1.29, 1.82) is 0 Å². The predicted octanol–water partition coefficient (Wildman–Crippen LogP) is 5.18. The summed E-state index contributed by atoms with van der Waals surface area (Å²) in [6.45, 7) is 14.2. The highest BCUT2D eigenvalue weighted by Gasteiger charge is 2.37. The third kappa shape index (κ3) is 4.32. The number of thiol groups is 2. The number of quaternary nitrogens is 1. The molecule has 5 nitrogen and oxygen atoms in total. The minimum absolute atomic E-state index is 0.103. The van der Waals surface area contributed by atoms with Gasteiger partial charge in [0.05, 0.1) is 18.7 Å². The molecule has 1 N–H and O–H groups in total. The van der Waals surface area contributed by atoms with Gasteiger partial charge in [0.2, 0.25) is 6.23 Å². The molecule has 0 saturated carbocycles. The molecule has 0 bridgehead atoms. The van der Waals surface area contributed by atoms with E-state index in [1.165, 1.54) is 0 Å². The van der Waals surface area contributed by atoms with Gasteiger partial charge >= 0.3 is 5.97 Å². The Morgan fingerprint density at radius 1 is 1.04 bits per heavy atom. The summed E-state index contributed by atoms with van der Waals surface area (Å²) in [4.78, 5) is 13.8. The van der Waals surface area contributed by atoms with Crippen molar-refractivity contribution in [3.05, 3.63) is 21.9 Å². The number of benzene rings is 1. The first-order valence-electron chi connectivity index (χ1n) is 9.72. The fourth-order valence-electron chi connectivity index (χ4n) is 3.87. The molecule has 0 aliphatic carbocycles. The normalized spacial score (nSPS) is 18.2. The van der Waals surface area contributed by atoms with Crippen LogP contribution in [0.3, 0.4) is 0 Å². The molecule has 7 heteroatoms. The summed E-state index contributed by atoms with van der Waals surface area (Å²) in [7, 11) is 0. The van der Waals surface area contributed by atoms with Crippen LogP contribution in [0.5, 0.6) is 5.75 Å². The summed E-state index contributed by atoms with van der Waals surface area (Å²) < 4.78 is 5.08. The molecule has 2 rings (SSSR count). The van der Waals surface area contributed by atoms with Crippen molar-refractivity contribution in [3.8, 4) is 5.75 Å². The van der Waals surface area contributed by atoms with Crippen molar-refractivity contribution in [3.63, 3.8) is 0 Å². The van der Waals surface area contributed by atoms with Crippen LogP contribution in [0.4, 0.5) is 0 Å². The van der Waals surface area contributed by atoms with Gasteiger partial charge in [0.15, 0.2) is 0 Å². The first-order chi connectivity index (χ1) is 12.6. The first kappa shape index (κ1) is 23.4. The number of hydrogen-bond donors (Lipinski definition) is 3. The van der Waals surface area contributed by atoms with E-state index in [1.54, 1.807) is 6.92 Å². The summed E-state index contributed by atoms with van der Waals surface area (Å²) in [6.07, 6.45) is 0.867. The number of esters is 1. The van der Waals surface area contributed by atoms with E-state index in [1.807, 2.05) is 41.5 Å². The number of likely N-dealkylation sites (tertiary alicyclic amines) is 1. The van der Waals surface area contributed by atoms with Crippen molar-refractivity contribution >= 4 is 31.2 Å². The fourth-order valence-corrected chi connectivity index (χ4v) is 5.25. The Balaban J connectivity index is 2.61. The zero-order valence-electron chi connectivity index (χ0n) is 17.9. The lowest BCUT2D eigenvalue weighted by Gasteiger charge is -2.42. The van der Waals surface area contributed by atoms with Crippen LogP contribution in [-0.2, 0) is 15.6 Å². The number of phenolic OH excluding ortho intramolecular Hbond substituents is 1. The number of phenols is 1. The van der Waals surface area contributed by atoms with Gasteiger partial charge in [0, 0.05) is 40.7 Å². The van der Waals surface area contributed by atoms with Crippen molar-refractivity contribution in [2.45, 2.75) is 88.2 Å². The third-order valence-electron chi connectivity index (χ3n) is 5.39. The lowest BCUT2D eigenvalue weighted by atomic mass is 9.78. The molecule has 1 fully saturated rings. The highest BCUT2D eigenvalue weighted by molar-refractivity contribution is 7.81. The van der Waals surface area contributed by atoms with Crippen molar-refractivity contribution in [1.82, 2.24) is 0 Å². The summed E-state index contributed by atoms with van der Waals surface area (Å²) in [5, 5.41) is 23.8. The van der Waals surface area contributed by atoms with E-state index in [4.69, 9.17) is 4.74 Å². The average molecular weight is 428 g/mol. The number of ether oxygens (including phenoxy) is 1. The molecular formula is C21H33NO4S2. The minimum Gasteiger partial charge on any atom is -0.630 e. The van der Waals surface area contributed by atoms with Gasteiger partial charge in [0.1, 0.15) is 5.75 Å². The Morgan fingerprint density at radius 2 is 1.43 bits per heavy atom. The second kappa shape index (κ2) is 7.74. The Labute approximate surface area is 179 Å². The molecule has 0 aromatic heterocycles. The second-order valence-electron chi connectivity index (χ2n) is 9.78. The third-order valence-corrected chi connectivity index (χ3v) is 6.28. The van der Waals surface area contributed by atoms with Crippen molar-refractivity contribution in [2.24, 2.45) is 0 Å². The van der Waals surface area contributed by atoms with Gasteiger partial charge in [-0.25, -0.2) is 4.79 Å². The lowest BCUT2D eigenvalue weighted by molar-refractivity contribution is -0.911. The molecule has 1 heterocycles. The molecule has 1 aromatic rings. The maximum atomic E-state index is 13.1. The molecule has 28 heavy (non-hydrogen) atoms. The number of carbonyl (C=O) groups excluding carboxylic acids is 1. The zero-order valence-corrected chi connectivity index (χ0v) is 19.7. The van der Waals surface area contributed by atoms with Gasteiger partial charge in [0.25, 0.3) is 0 Å². The molecule has 0 spiro atoms. The molecular weight excluding hydrogens is 394 g/mol. The smallest absolute Gasteiger partial charge is 0.344 e. The van der Waals surface area contributed by atoms with E-state index >= 15 is 0 Å². The number of rotatable bonds is 3. The van der Waals surface area contributed by atoms with Gasteiger partial charge in [-0.1, -0.05) is 41.5 Å². The highest BCUT2D eigenvalue weighted by Crippen LogP contribution is 2.48. The van der Waals surface area contributed by atoms with Crippen LogP contribution in [0.2, 0.25) is 0 Å². The van der Waals surface area contributed by atoms with E-state index in [0.29, 0.717) is 34.0 Å². The standard InChI is InChI=1S/C21H33NO4S2/c1-12(22(25)10-8-9-11-22)26-19(24)13-17(27)14(20(2,3)4)16(23)15(18(13)28)21(5,6)7/h12,23,27-28H,8-11H2,1-7H3. The van der Waals surface area contributed by atoms with Crippen LogP contribution in [0.1, 0.15) is 82.8 Å². The van der Waals surface area contributed by atoms with Crippen LogP contribution < -0.4 is 0 Å². The molecule has 1 unspecified atom stereocenters. The lowest BCUT2D eigenvalue weighted by Crippen LogP contribution is -2.48. The van der Waals surface area contributed by atoms with Crippen LogP contribution in [0, 0.1) is 5.21 Å². The molecule has 158 valence electrons. The average Bonchev–Trinajstić information content (AvgIpc) is 2.91. The Morgan fingerprint density at radius 3 is 1.79 bits per heavy atom. The number of carbonyl (C=O) groups is 1. The summed E-state index contributed by atoms with van der Waals surface area (Å²) >= 11 is 9.17. The van der Waals surface area contributed by atoms with E-state index in [0.717, 1.165) is 12.8 Å². The van der Waals surface area contributed by atoms with Gasteiger partial charge < -0.3 is 19.7 Å². The number of nitrogens with zero attached hydrogens (tertiary/aromatic N) is 1. The fraction of sp³-hybridized carbons (Fsp3) is 0.667. The molecule has 0 amide bonds. The maximum absolute atomic E-state index is 13.1. The van der Waals surface area contributed by atoms with Crippen LogP contribution >= 0.6 is 25.3 Å². The van der Waals surface area contributed by atoms with E-state index in [2.05, 4.69) is 25.3 Å². The predicted molar refractivity (Wildman–Crippen MR) is 117 cm³/mol. The zero-order chi connectivity index (χ0) is 21.7. The van der Waals surface area contributed by atoms with Crippen LogP contribution in [0.25, 0.3) is 0 Å². The maximum Gasteiger partial charge on any atom is 0.344 e. The van der Waals surface area contributed by atoms with Gasteiger partial charge in [-0.15, -0.1) is 25.3 Å². The SMILES string of the molecule is CC(OC(=O)c1c(S)c(C(C)(C)C)c(O)c(C(C)(C)C)c1S)[N+]1([O-])CCCC1. The number of hydroxylamine groups is 3. The highest BCUT2D eigenvalue weighted by atomic mass is 32.1. The monoisotopic (exact) mass is 427 g/mol. The number of aromatic hydroxyl groups is 1. The van der Waals surface area contributed by atoms with E-state index in [9.17, 15) is 15.1 Å². The quantitative estimate of drug-likeness (QED) is 0.269. The summed E-state index contributed by atoms with van der Waals surface area (Å²) in [5.41, 5.74) is 0.447. The summed E-state index contributed by atoms with van der Waals surface area (Å²) in [5.74, 6) is -0.523. The molecule has 1 aliphatic heterocycles. The molecule has 1 saturated heterocycles. The topological polar surface area (TPSA) is 69.6 Å². The molecule has 1 atom stereocenters. The van der Waals surface area contributed by atoms with E-state index in [-0.39, 0.29) is 11.3 Å². The Hall–Kier alpha value is -0.890. The first-order valence-corrected chi connectivity index (χ1v) is 10.6. The molecule has 0 radical (unpaired) electrons. The molecule has 1 aromatic carbocycles. The van der Waals surface area contributed by atoms with Crippen molar-refractivity contribution in [2.75, 3.05) is 13.1 Å². The summed E-state index contributed by atoms with van der Waals surface area (Å²) in [6, 6.07) is 0. The number of hydrogen-bond acceptors (Lipinski definition) is 6.